The highest BCUT2D eigenvalue weighted by atomic mass is 15.1. The largest absolute Gasteiger partial charge is 0.295 e. The van der Waals surface area contributed by atoms with Crippen LogP contribution < -0.4 is 4.57 Å². The molecule has 0 aliphatic heterocycles. The summed E-state index contributed by atoms with van der Waals surface area (Å²) in [6.45, 7) is 2.24. The van der Waals surface area contributed by atoms with Crippen LogP contribution in [0.3, 0.4) is 0 Å². The van der Waals surface area contributed by atoms with Crippen LogP contribution in [-0.2, 0) is 7.05 Å². The van der Waals surface area contributed by atoms with Gasteiger partial charge in [-0.05, 0) is 52.9 Å². The number of imidazole rings is 1. The van der Waals surface area contributed by atoms with Crippen molar-refractivity contribution >= 4 is 27.3 Å². The van der Waals surface area contributed by atoms with Crippen LogP contribution >= 0.6 is 0 Å². The van der Waals surface area contributed by atoms with Gasteiger partial charge in [-0.15, -0.1) is 0 Å². The summed E-state index contributed by atoms with van der Waals surface area (Å²) < 4.78 is 4.95. The summed E-state index contributed by atoms with van der Waals surface area (Å²) in [7, 11) is 2.24. The molecule has 0 N–H and O–H groups in total. The zero-order valence-corrected chi connectivity index (χ0v) is 20.9. The van der Waals surface area contributed by atoms with Gasteiger partial charge in [0.2, 0.25) is 0 Å². The fraction of sp³-hybridized carbons (Fsp3) is 0.0571. The second-order valence-electron chi connectivity index (χ2n) is 10.1. The van der Waals surface area contributed by atoms with Gasteiger partial charge in [0, 0.05) is 21.9 Å². The van der Waals surface area contributed by atoms with Crippen LogP contribution in [0.25, 0.3) is 72.1 Å². The average molecular weight is 474 g/mol. The Labute approximate surface area is 215 Å². The third-order valence-corrected chi connectivity index (χ3v) is 8.12. The smallest absolute Gasteiger partial charge is 0.225 e. The van der Waals surface area contributed by atoms with Crippen molar-refractivity contribution in [1.29, 1.82) is 0 Å². The molecule has 0 amide bonds. The van der Waals surface area contributed by atoms with Crippen LogP contribution in [0, 0.1) is 6.92 Å². The van der Waals surface area contributed by atoms with Gasteiger partial charge < -0.3 is 0 Å². The Kier molecular flexibility index (Phi) is 4.10. The first kappa shape index (κ1) is 20.5. The number of nitrogens with zero attached hydrogens (tertiary/aromatic N) is 2. The molecule has 0 radical (unpaired) electrons. The maximum atomic E-state index is 2.52. The van der Waals surface area contributed by atoms with Crippen molar-refractivity contribution in [2.75, 3.05) is 0 Å². The third kappa shape index (κ3) is 2.62. The molecule has 0 saturated carbocycles. The lowest BCUT2D eigenvalue weighted by Crippen LogP contribution is -2.30. The Morgan fingerprint density at radius 3 is 1.73 bits per heavy atom. The quantitative estimate of drug-likeness (QED) is 0.154. The SMILES string of the molecule is Cc1cccc2c3ccccc3n3c4c([n+](C)c3c12)-c1ccccc1-c1ccccc1-c1ccccc1-4. The van der Waals surface area contributed by atoms with Crippen molar-refractivity contribution in [3.05, 3.63) is 121 Å². The van der Waals surface area contributed by atoms with Crippen LogP contribution in [0.4, 0.5) is 0 Å². The van der Waals surface area contributed by atoms with E-state index in [-0.39, 0.29) is 0 Å². The Balaban J connectivity index is 1.73. The predicted octanol–water partition coefficient (Wildman–Crippen LogP) is 8.36. The molecule has 8 rings (SSSR count). The molecule has 0 spiro atoms. The maximum absolute atomic E-state index is 2.52. The fourth-order valence-corrected chi connectivity index (χ4v) is 6.58. The van der Waals surface area contributed by atoms with Crippen LogP contribution in [0.1, 0.15) is 5.56 Å². The van der Waals surface area contributed by atoms with Crippen molar-refractivity contribution in [1.82, 2.24) is 4.40 Å². The van der Waals surface area contributed by atoms with Gasteiger partial charge in [-0.1, -0.05) is 97.1 Å². The van der Waals surface area contributed by atoms with Gasteiger partial charge in [0.1, 0.15) is 5.52 Å². The van der Waals surface area contributed by atoms with Gasteiger partial charge in [-0.2, -0.15) is 4.40 Å². The molecule has 0 bridgehead atoms. The van der Waals surface area contributed by atoms with E-state index in [4.69, 9.17) is 0 Å². The minimum absolute atomic E-state index is 1.23. The minimum Gasteiger partial charge on any atom is -0.225 e. The van der Waals surface area contributed by atoms with Crippen LogP contribution in [0.15, 0.2) is 115 Å². The van der Waals surface area contributed by atoms with Crippen molar-refractivity contribution in [2.24, 2.45) is 7.05 Å². The topological polar surface area (TPSA) is 8.29 Å². The molecule has 0 atom stereocenters. The van der Waals surface area contributed by atoms with Gasteiger partial charge in [-0.3, -0.25) is 0 Å². The van der Waals surface area contributed by atoms with Gasteiger partial charge in [-0.25, -0.2) is 4.57 Å². The molecule has 0 saturated heterocycles. The van der Waals surface area contributed by atoms with Gasteiger partial charge in [0.05, 0.1) is 12.4 Å². The van der Waals surface area contributed by atoms with E-state index in [9.17, 15) is 0 Å². The molecule has 5 aromatic carbocycles. The predicted molar refractivity (Wildman–Crippen MR) is 154 cm³/mol. The molecule has 1 aliphatic rings. The summed E-state index contributed by atoms with van der Waals surface area (Å²) in [6, 6.07) is 42.2. The average Bonchev–Trinajstić information content (AvgIpc) is 3.25. The lowest BCUT2D eigenvalue weighted by molar-refractivity contribution is -0.632. The highest BCUT2D eigenvalue weighted by Crippen LogP contribution is 2.48. The number of para-hydroxylation sites is 1. The number of hydrogen-bond acceptors (Lipinski definition) is 0. The molecule has 0 unspecified atom stereocenters. The number of aromatic nitrogens is 2. The van der Waals surface area contributed by atoms with E-state index in [0.717, 1.165) is 0 Å². The van der Waals surface area contributed by atoms with Gasteiger partial charge in [0.15, 0.2) is 11.4 Å². The van der Waals surface area contributed by atoms with E-state index in [1.807, 2.05) is 0 Å². The Morgan fingerprint density at radius 1 is 0.514 bits per heavy atom. The summed E-state index contributed by atoms with van der Waals surface area (Å²) in [5.41, 5.74) is 13.8. The van der Waals surface area contributed by atoms with Crippen LogP contribution in [-0.4, -0.2) is 4.40 Å². The molecular weight excluding hydrogens is 448 g/mol. The fourth-order valence-electron chi connectivity index (χ4n) is 6.58. The zero-order chi connectivity index (χ0) is 24.7. The van der Waals surface area contributed by atoms with Crippen LogP contribution in [0.5, 0.6) is 0 Å². The van der Waals surface area contributed by atoms with Crippen molar-refractivity contribution in [2.45, 2.75) is 6.92 Å². The highest BCUT2D eigenvalue weighted by molar-refractivity contribution is 6.14. The molecule has 174 valence electrons. The Morgan fingerprint density at radius 2 is 1.03 bits per heavy atom. The lowest BCUT2D eigenvalue weighted by Gasteiger charge is -2.19. The normalized spacial score (nSPS) is 12.1. The Bertz CT molecular complexity index is 2060. The maximum Gasteiger partial charge on any atom is 0.295 e. The van der Waals surface area contributed by atoms with E-state index < -0.39 is 0 Å². The van der Waals surface area contributed by atoms with Gasteiger partial charge in [0.25, 0.3) is 5.65 Å². The summed E-state index contributed by atoms with van der Waals surface area (Å²) in [5.74, 6) is 0. The van der Waals surface area contributed by atoms with Crippen molar-refractivity contribution < 1.29 is 4.57 Å². The van der Waals surface area contributed by atoms with Crippen LogP contribution in [0.2, 0.25) is 0 Å². The summed E-state index contributed by atoms with van der Waals surface area (Å²) in [5, 5.41) is 3.89. The first-order valence-electron chi connectivity index (χ1n) is 12.9. The number of aryl methyl sites for hydroxylation is 2. The molecule has 2 heteroatoms. The summed E-state index contributed by atoms with van der Waals surface area (Å²) in [4.78, 5) is 0. The monoisotopic (exact) mass is 473 g/mol. The van der Waals surface area contributed by atoms with E-state index in [2.05, 4.69) is 138 Å². The Hall–Kier alpha value is -4.69. The van der Waals surface area contributed by atoms with Gasteiger partial charge >= 0.3 is 0 Å². The standard InChI is InChI=1S/C35H25N2/c1-22-12-11-20-28-27-17-9-10-21-31(27)37-34-30-19-8-6-16-26(30)24-14-4-3-13-23(24)25-15-5-7-18-29(25)33(34)36(2)35(37)32(22)28/h3-21H,1-2H3/q+1. The molecule has 2 aromatic heterocycles. The number of rotatable bonds is 0. The molecular formula is C35H25N2+. The number of benzene rings is 5. The summed E-state index contributed by atoms with van der Waals surface area (Å²) >= 11 is 0. The number of fused-ring (bicyclic) bond motifs is 15. The lowest BCUT2D eigenvalue weighted by atomic mass is 9.84. The highest BCUT2D eigenvalue weighted by Gasteiger charge is 2.34. The first-order chi connectivity index (χ1) is 18.2. The molecule has 2 heterocycles. The molecule has 0 fully saturated rings. The van der Waals surface area contributed by atoms with E-state index in [0.29, 0.717) is 0 Å². The summed E-state index contributed by atoms with van der Waals surface area (Å²) in [6.07, 6.45) is 0. The van der Waals surface area contributed by atoms with E-state index in [1.165, 1.54) is 77.7 Å². The zero-order valence-electron chi connectivity index (χ0n) is 20.9. The molecule has 37 heavy (non-hydrogen) atoms. The number of pyridine rings is 1. The molecule has 2 nitrogen and oxygen atoms in total. The van der Waals surface area contributed by atoms with E-state index in [1.54, 1.807) is 0 Å². The third-order valence-electron chi connectivity index (χ3n) is 8.12. The molecule has 1 aliphatic carbocycles. The second-order valence-corrected chi connectivity index (χ2v) is 10.1. The van der Waals surface area contributed by atoms with Crippen molar-refractivity contribution in [3.8, 4) is 44.8 Å². The first-order valence-corrected chi connectivity index (χ1v) is 12.9. The number of hydrogen-bond donors (Lipinski definition) is 0. The molecule has 7 aromatic rings. The second kappa shape index (κ2) is 7.41. The van der Waals surface area contributed by atoms with Crippen molar-refractivity contribution in [3.63, 3.8) is 0 Å². The minimum atomic E-state index is 1.23. The van der Waals surface area contributed by atoms with E-state index >= 15 is 0 Å².